The van der Waals surface area contributed by atoms with Gasteiger partial charge in [0, 0.05) is 6.54 Å². The molecule has 0 heterocycles. The molecule has 4 heteroatoms. The van der Waals surface area contributed by atoms with Crippen molar-refractivity contribution in [3.05, 3.63) is 28.8 Å². The van der Waals surface area contributed by atoms with Crippen molar-refractivity contribution in [2.24, 2.45) is 0 Å². The van der Waals surface area contributed by atoms with Gasteiger partial charge in [0.05, 0.1) is 18.6 Å². The van der Waals surface area contributed by atoms with Crippen LogP contribution in [0, 0.1) is 20.8 Å². The monoisotopic (exact) mass is 291 g/mol. The number of rotatable bonds is 6. The molecular formula is C17H25NO3. The van der Waals surface area contributed by atoms with E-state index < -0.39 is 5.60 Å². The van der Waals surface area contributed by atoms with E-state index in [4.69, 9.17) is 4.74 Å². The average molecular weight is 291 g/mol. The first-order valence-electron chi connectivity index (χ1n) is 7.59. The maximum absolute atomic E-state index is 11.7. The summed E-state index contributed by atoms with van der Waals surface area (Å²) in [5, 5.41) is 12.7. The summed E-state index contributed by atoms with van der Waals surface area (Å²) in [5.74, 6) is 0.773. The Labute approximate surface area is 126 Å². The predicted octanol–water partition coefficient (Wildman–Crippen LogP) is 2.41. The highest BCUT2D eigenvalue weighted by Gasteiger charge is 2.34. The summed E-state index contributed by atoms with van der Waals surface area (Å²) >= 11 is 0. The molecule has 0 aromatic heterocycles. The summed E-state index contributed by atoms with van der Waals surface area (Å²) in [5.41, 5.74) is 2.80. The second-order valence-corrected chi connectivity index (χ2v) is 6.16. The molecule has 2 N–H and O–H groups in total. The standard InChI is InChI=1S/C17H25NO3/c1-12-9-13(2)14(3)15(10-12)21-8-5-16(19)18-11-17(20)6-4-7-17/h9-10,20H,4-8,11H2,1-3H3,(H,18,19). The molecule has 2 rings (SSSR count). The minimum absolute atomic E-state index is 0.0719. The fourth-order valence-electron chi connectivity index (χ4n) is 2.52. The number of ether oxygens (including phenoxy) is 1. The summed E-state index contributed by atoms with van der Waals surface area (Å²) in [6, 6.07) is 4.12. The maximum atomic E-state index is 11.7. The van der Waals surface area contributed by atoms with Crippen molar-refractivity contribution in [2.75, 3.05) is 13.2 Å². The zero-order chi connectivity index (χ0) is 15.5. The number of nitrogens with one attached hydrogen (secondary N) is 1. The molecular weight excluding hydrogens is 266 g/mol. The number of aryl methyl sites for hydroxylation is 2. The lowest BCUT2D eigenvalue weighted by Gasteiger charge is -2.36. The van der Waals surface area contributed by atoms with Crippen LogP contribution in [0.1, 0.15) is 42.4 Å². The SMILES string of the molecule is Cc1cc(C)c(C)c(OCCC(=O)NCC2(O)CCC2)c1. The van der Waals surface area contributed by atoms with Gasteiger partial charge in [-0.25, -0.2) is 0 Å². The number of amides is 1. The van der Waals surface area contributed by atoms with E-state index in [0.29, 0.717) is 19.6 Å². The van der Waals surface area contributed by atoms with Crippen LogP contribution in [0.5, 0.6) is 5.75 Å². The Bertz CT molecular complexity index is 521. The highest BCUT2D eigenvalue weighted by molar-refractivity contribution is 5.76. The van der Waals surface area contributed by atoms with Gasteiger partial charge < -0.3 is 15.2 Å². The smallest absolute Gasteiger partial charge is 0.223 e. The molecule has 0 atom stereocenters. The molecule has 0 saturated heterocycles. The second kappa shape index (κ2) is 6.48. The van der Waals surface area contributed by atoms with E-state index in [9.17, 15) is 9.90 Å². The topological polar surface area (TPSA) is 58.6 Å². The number of aliphatic hydroxyl groups is 1. The van der Waals surface area contributed by atoms with Crippen molar-refractivity contribution < 1.29 is 14.6 Å². The first-order valence-corrected chi connectivity index (χ1v) is 7.59. The number of benzene rings is 1. The van der Waals surface area contributed by atoms with Gasteiger partial charge in [-0.2, -0.15) is 0 Å². The van der Waals surface area contributed by atoms with E-state index in [0.717, 1.165) is 36.1 Å². The Balaban J connectivity index is 1.75. The molecule has 0 bridgehead atoms. The van der Waals surface area contributed by atoms with Gasteiger partial charge >= 0.3 is 0 Å². The summed E-state index contributed by atoms with van der Waals surface area (Å²) in [7, 11) is 0. The molecule has 1 aromatic rings. The molecule has 1 aromatic carbocycles. The van der Waals surface area contributed by atoms with Crippen LogP contribution in [-0.4, -0.2) is 29.8 Å². The molecule has 1 amide bonds. The largest absolute Gasteiger partial charge is 0.493 e. The van der Waals surface area contributed by atoms with Crippen molar-refractivity contribution in [2.45, 2.75) is 52.1 Å². The number of carbonyl (C=O) groups is 1. The molecule has 4 nitrogen and oxygen atoms in total. The Hall–Kier alpha value is -1.55. The van der Waals surface area contributed by atoms with Crippen molar-refractivity contribution >= 4 is 5.91 Å². The van der Waals surface area contributed by atoms with E-state index in [-0.39, 0.29) is 5.91 Å². The zero-order valence-electron chi connectivity index (χ0n) is 13.2. The highest BCUT2D eigenvalue weighted by atomic mass is 16.5. The van der Waals surface area contributed by atoms with Crippen molar-refractivity contribution in [1.82, 2.24) is 5.32 Å². The lowest BCUT2D eigenvalue weighted by molar-refractivity contribution is -0.124. The van der Waals surface area contributed by atoms with E-state index in [2.05, 4.69) is 18.3 Å². The normalized spacial score (nSPS) is 16.2. The summed E-state index contributed by atoms with van der Waals surface area (Å²) < 4.78 is 5.72. The molecule has 0 unspecified atom stereocenters. The summed E-state index contributed by atoms with van der Waals surface area (Å²) in [4.78, 5) is 11.7. The first-order chi connectivity index (χ1) is 9.89. The fraction of sp³-hybridized carbons (Fsp3) is 0.588. The van der Waals surface area contributed by atoms with Gasteiger partial charge in [-0.3, -0.25) is 4.79 Å². The third kappa shape index (κ3) is 4.21. The van der Waals surface area contributed by atoms with Crippen molar-refractivity contribution in [1.29, 1.82) is 0 Å². The van der Waals surface area contributed by atoms with Gasteiger partial charge in [-0.15, -0.1) is 0 Å². The summed E-state index contributed by atoms with van der Waals surface area (Å²) in [6.07, 6.45) is 2.92. The van der Waals surface area contributed by atoms with Gasteiger partial charge in [0.25, 0.3) is 0 Å². The minimum Gasteiger partial charge on any atom is -0.493 e. The van der Waals surface area contributed by atoms with Crippen LogP contribution in [0.2, 0.25) is 0 Å². The predicted molar refractivity (Wildman–Crippen MR) is 82.6 cm³/mol. The van der Waals surface area contributed by atoms with E-state index in [1.54, 1.807) is 0 Å². The highest BCUT2D eigenvalue weighted by Crippen LogP contribution is 2.30. The average Bonchev–Trinajstić information content (AvgIpc) is 2.39. The van der Waals surface area contributed by atoms with Crippen LogP contribution in [0.4, 0.5) is 0 Å². The minimum atomic E-state index is -0.666. The lowest BCUT2D eigenvalue weighted by atomic mass is 9.80. The van der Waals surface area contributed by atoms with Crippen molar-refractivity contribution in [3.8, 4) is 5.75 Å². The van der Waals surface area contributed by atoms with Crippen LogP contribution in [0.25, 0.3) is 0 Å². The van der Waals surface area contributed by atoms with Gasteiger partial charge in [0.1, 0.15) is 5.75 Å². The zero-order valence-corrected chi connectivity index (χ0v) is 13.2. The first kappa shape index (κ1) is 15.8. The Morgan fingerprint density at radius 2 is 2.05 bits per heavy atom. The Morgan fingerprint density at radius 1 is 1.33 bits per heavy atom. The van der Waals surface area contributed by atoms with Crippen molar-refractivity contribution in [3.63, 3.8) is 0 Å². The van der Waals surface area contributed by atoms with Crippen LogP contribution in [0.3, 0.4) is 0 Å². The molecule has 116 valence electrons. The number of hydrogen-bond acceptors (Lipinski definition) is 3. The van der Waals surface area contributed by atoms with Gasteiger partial charge in [-0.05, 0) is 62.8 Å². The lowest BCUT2D eigenvalue weighted by Crippen LogP contribution is -2.47. The molecule has 21 heavy (non-hydrogen) atoms. The van der Waals surface area contributed by atoms with E-state index in [1.165, 1.54) is 5.56 Å². The molecule has 0 aliphatic heterocycles. The van der Waals surface area contributed by atoms with Gasteiger partial charge in [0.2, 0.25) is 5.91 Å². The Morgan fingerprint density at radius 3 is 2.67 bits per heavy atom. The quantitative estimate of drug-likeness (QED) is 0.846. The Kier molecular flexibility index (Phi) is 4.88. The fourth-order valence-corrected chi connectivity index (χ4v) is 2.52. The molecule has 0 spiro atoms. The molecule has 0 radical (unpaired) electrons. The molecule has 1 saturated carbocycles. The molecule has 1 aliphatic carbocycles. The van der Waals surface area contributed by atoms with Gasteiger partial charge in [-0.1, -0.05) is 6.07 Å². The molecule has 1 fully saturated rings. The maximum Gasteiger partial charge on any atom is 0.223 e. The third-order valence-corrected chi connectivity index (χ3v) is 4.25. The van der Waals surface area contributed by atoms with Crippen LogP contribution >= 0.6 is 0 Å². The molecule has 1 aliphatic rings. The van der Waals surface area contributed by atoms with Gasteiger partial charge in [0.15, 0.2) is 0 Å². The number of hydrogen-bond donors (Lipinski definition) is 2. The van der Waals surface area contributed by atoms with E-state index in [1.807, 2.05) is 19.9 Å². The second-order valence-electron chi connectivity index (χ2n) is 6.16. The van der Waals surface area contributed by atoms with E-state index >= 15 is 0 Å². The van der Waals surface area contributed by atoms with Crippen LogP contribution < -0.4 is 10.1 Å². The van der Waals surface area contributed by atoms with Crippen LogP contribution in [0.15, 0.2) is 12.1 Å². The number of carbonyl (C=O) groups excluding carboxylic acids is 1. The van der Waals surface area contributed by atoms with Crippen LogP contribution in [-0.2, 0) is 4.79 Å². The third-order valence-electron chi connectivity index (χ3n) is 4.25. The summed E-state index contributed by atoms with van der Waals surface area (Å²) in [6.45, 7) is 6.82.